The Bertz CT molecular complexity index is 1270. The van der Waals surface area contributed by atoms with Crippen LogP contribution in [0.25, 0.3) is 5.69 Å². The molecule has 6 nitrogen and oxygen atoms in total. The highest BCUT2D eigenvalue weighted by Crippen LogP contribution is 2.25. The second kappa shape index (κ2) is 10.1. The molecular weight excluding hydrogens is 428 g/mol. The maximum absolute atomic E-state index is 13.6. The maximum atomic E-state index is 13.6. The molecule has 0 radical (unpaired) electrons. The normalized spacial score (nSPS) is 13.0. The summed E-state index contributed by atoms with van der Waals surface area (Å²) in [6, 6.07) is 16.7. The van der Waals surface area contributed by atoms with Crippen LogP contribution in [0.15, 0.2) is 59.4 Å². The summed E-state index contributed by atoms with van der Waals surface area (Å²) in [6.45, 7) is 6.84. The summed E-state index contributed by atoms with van der Waals surface area (Å²) in [4.78, 5) is 39.4. The van der Waals surface area contributed by atoms with Crippen molar-refractivity contribution in [1.29, 1.82) is 0 Å². The fourth-order valence-electron chi connectivity index (χ4n) is 4.35. The first kappa shape index (κ1) is 23.5. The van der Waals surface area contributed by atoms with E-state index in [9.17, 15) is 14.4 Å². The Morgan fingerprint density at radius 3 is 2.50 bits per heavy atom. The number of nitrogens with zero attached hydrogens (tertiary/aromatic N) is 1. The lowest BCUT2D eigenvalue weighted by Crippen LogP contribution is -2.36. The van der Waals surface area contributed by atoms with Gasteiger partial charge < -0.3 is 10.1 Å². The van der Waals surface area contributed by atoms with Crippen molar-refractivity contribution in [2.24, 2.45) is 0 Å². The zero-order valence-corrected chi connectivity index (χ0v) is 19.9. The maximum Gasteiger partial charge on any atom is 0.268 e. The van der Waals surface area contributed by atoms with Crippen molar-refractivity contribution in [1.82, 2.24) is 9.88 Å². The molecule has 1 aromatic heterocycles. The summed E-state index contributed by atoms with van der Waals surface area (Å²) in [5, 5.41) is 2.84. The van der Waals surface area contributed by atoms with E-state index in [1.165, 1.54) is 6.07 Å². The smallest absolute Gasteiger partial charge is 0.268 e. The third kappa shape index (κ3) is 4.67. The lowest BCUT2D eigenvalue weighted by molar-refractivity contribution is 0.0948. The minimum atomic E-state index is -0.509. The van der Waals surface area contributed by atoms with Gasteiger partial charge in [0.1, 0.15) is 11.3 Å². The summed E-state index contributed by atoms with van der Waals surface area (Å²) < 4.78 is 7.17. The Labute approximate surface area is 199 Å². The highest BCUT2D eigenvalue weighted by molar-refractivity contribution is 6.02. The van der Waals surface area contributed by atoms with Gasteiger partial charge in [0.05, 0.1) is 6.61 Å². The molecule has 0 unspecified atom stereocenters. The SMILES string of the molecule is CCOc1ccccc1CNC(=O)c1cc2c(n(-c3ccc(C(C)C)cc3)c1=O)CCCC2=O. The van der Waals surface area contributed by atoms with Crippen molar-refractivity contribution in [3.63, 3.8) is 0 Å². The van der Waals surface area contributed by atoms with E-state index in [-0.39, 0.29) is 17.9 Å². The van der Waals surface area contributed by atoms with E-state index in [0.29, 0.717) is 54.5 Å². The van der Waals surface area contributed by atoms with Crippen molar-refractivity contribution in [2.75, 3.05) is 6.61 Å². The van der Waals surface area contributed by atoms with Gasteiger partial charge in [0.2, 0.25) is 0 Å². The number of fused-ring (bicyclic) bond motifs is 1. The van der Waals surface area contributed by atoms with Gasteiger partial charge in [0, 0.05) is 35.5 Å². The minimum Gasteiger partial charge on any atom is -0.494 e. The molecule has 2 aromatic carbocycles. The van der Waals surface area contributed by atoms with Crippen LogP contribution in [0.5, 0.6) is 5.75 Å². The number of ketones is 1. The van der Waals surface area contributed by atoms with Gasteiger partial charge in [-0.15, -0.1) is 0 Å². The molecule has 0 atom stereocenters. The number of nitrogens with one attached hydrogen (secondary N) is 1. The molecule has 6 heteroatoms. The fraction of sp³-hybridized carbons (Fsp3) is 0.321. The van der Waals surface area contributed by atoms with Crippen LogP contribution in [0.4, 0.5) is 0 Å². The number of hydrogen-bond acceptors (Lipinski definition) is 4. The first-order valence-corrected chi connectivity index (χ1v) is 11.8. The molecule has 0 fully saturated rings. The number of ether oxygens (including phenoxy) is 1. The Morgan fingerprint density at radius 1 is 1.06 bits per heavy atom. The third-order valence-corrected chi connectivity index (χ3v) is 6.20. The van der Waals surface area contributed by atoms with Crippen LogP contribution in [0.1, 0.15) is 77.1 Å². The Kier molecular flexibility index (Phi) is 6.96. The van der Waals surface area contributed by atoms with E-state index >= 15 is 0 Å². The van der Waals surface area contributed by atoms with Crippen molar-refractivity contribution in [3.8, 4) is 11.4 Å². The number of para-hydroxylation sites is 1. The van der Waals surface area contributed by atoms with Gasteiger partial charge in [0.25, 0.3) is 11.5 Å². The molecule has 1 aliphatic carbocycles. The number of carbonyl (C=O) groups is 2. The average Bonchev–Trinajstić information content (AvgIpc) is 2.83. The number of pyridine rings is 1. The Balaban J connectivity index is 1.73. The fourth-order valence-corrected chi connectivity index (χ4v) is 4.35. The van der Waals surface area contributed by atoms with Gasteiger partial charge >= 0.3 is 0 Å². The topological polar surface area (TPSA) is 77.4 Å². The van der Waals surface area contributed by atoms with Crippen molar-refractivity contribution in [3.05, 3.63) is 92.9 Å². The summed E-state index contributed by atoms with van der Waals surface area (Å²) >= 11 is 0. The molecule has 4 rings (SSSR count). The second-order valence-corrected chi connectivity index (χ2v) is 8.81. The molecule has 0 spiro atoms. The Hall–Kier alpha value is -3.67. The number of carbonyl (C=O) groups excluding carboxylic acids is 2. The zero-order chi connectivity index (χ0) is 24.2. The number of amides is 1. The summed E-state index contributed by atoms with van der Waals surface area (Å²) in [7, 11) is 0. The average molecular weight is 459 g/mol. The van der Waals surface area contributed by atoms with Gasteiger partial charge in [-0.2, -0.15) is 0 Å². The highest BCUT2D eigenvalue weighted by atomic mass is 16.5. The molecule has 176 valence electrons. The number of aromatic nitrogens is 1. The standard InChI is InChI=1S/C28H30N2O4/c1-4-34-26-11-6-5-8-20(26)17-29-27(32)23-16-22-24(9-7-10-25(22)31)30(28(23)33)21-14-12-19(13-15-21)18(2)3/h5-6,8,11-16,18H,4,7,9-10,17H2,1-3H3,(H,29,32). The van der Waals surface area contributed by atoms with Crippen LogP contribution in [0.3, 0.4) is 0 Å². The largest absolute Gasteiger partial charge is 0.494 e. The van der Waals surface area contributed by atoms with Crippen molar-refractivity contribution in [2.45, 2.75) is 52.5 Å². The van der Waals surface area contributed by atoms with Crippen molar-refractivity contribution < 1.29 is 14.3 Å². The van der Waals surface area contributed by atoms with Gasteiger partial charge in [-0.05, 0) is 55.5 Å². The molecule has 1 amide bonds. The van der Waals surface area contributed by atoms with E-state index < -0.39 is 11.5 Å². The number of hydrogen-bond donors (Lipinski definition) is 1. The van der Waals surface area contributed by atoms with Crippen LogP contribution >= 0.6 is 0 Å². The van der Waals surface area contributed by atoms with Gasteiger partial charge in [-0.25, -0.2) is 0 Å². The van der Waals surface area contributed by atoms with Gasteiger partial charge in [-0.1, -0.05) is 44.2 Å². The summed E-state index contributed by atoms with van der Waals surface area (Å²) in [6.07, 6.45) is 1.72. The zero-order valence-electron chi connectivity index (χ0n) is 19.9. The first-order valence-electron chi connectivity index (χ1n) is 11.8. The van der Waals surface area contributed by atoms with Crippen LogP contribution in [-0.2, 0) is 13.0 Å². The van der Waals surface area contributed by atoms with E-state index in [0.717, 1.165) is 11.1 Å². The highest BCUT2D eigenvalue weighted by Gasteiger charge is 2.26. The molecule has 3 aromatic rings. The minimum absolute atomic E-state index is 0.0316. The van der Waals surface area contributed by atoms with E-state index in [2.05, 4.69) is 19.2 Å². The number of benzene rings is 2. The van der Waals surface area contributed by atoms with Gasteiger partial charge in [-0.3, -0.25) is 19.0 Å². The number of rotatable bonds is 7. The molecule has 34 heavy (non-hydrogen) atoms. The summed E-state index contributed by atoms with van der Waals surface area (Å²) in [5.41, 5.74) is 3.32. The monoisotopic (exact) mass is 458 g/mol. The molecule has 1 N–H and O–H groups in total. The van der Waals surface area contributed by atoms with Crippen LogP contribution < -0.4 is 15.6 Å². The van der Waals surface area contributed by atoms with Gasteiger partial charge in [0.15, 0.2) is 5.78 Å². The van der Waals surface area contributed by atoms with E-state index in [4.69, 9.17) is 4.74 Å². The number of Topliss-reactive ketones (excluding diaryl/α,β-unsaturated/α-hetero) is 1. The first-order chi connectivity index (χ1) is 16.4. The second-order valence-electron chi connectivity index (χ2n) is 8.81. The third-order valence-electron chi connectivity index (χ3n) is 6.20. The predicted molar refractivity (Wildman–Crippen MR) is 132 cm³/mol. The molecule has 0 bridgehead atoms. The summed E-state index contributed by atoms with van der Waals surface area (Å²) in [5.74, 6) is 0.501. The van der Waals surface area contributed by atoms with Crippen molar-refractivity contribution >= 4 is 11.7 Å². The molecule has 0 saturated carbocycles. The van der Waals surface area contributed by atoms with E-state index in [1.807, 2.05) is 55.5 Å². The lowest BCUT2D eigenvalue weighted by Gasteiger charge is -2.22. The molecule has 1 heterocycles. The van der Waals surface area contributed by atoms with Crippen LogP contribution in [0, 0.1) is 0 Å². The molecule has 0 aliphatic heterocycles. The molecular formula is C28H30N2O4. The van der Waals surface area contributed by atoms with E-state index in [1.54, 1.807) is 4.57 Å². The lowest BCUT2D eigenvalue weighted by atomic mass is 9.92. The molecule has 1 aliphatic rings. The molecule has 0 saturated heterocycles. The quantitative estimate of drug-likeness (QED) is 0.551. The van der Waals surface area contributed by atoms with Crippen LogP contribution in [0.2, 0.25) is 0 Å². The van der Waals surface area contributed by atoms with Crippen LogP contribution in [-0.4, -0.2) is 22.9 Å². The Morgan fingerprint density at radius 2 is 1.79 bits per heavy atom. The predicted octanol–water partition coefficient (Wildman–Crippen LogP) is 4.81.